The van der Waals surface area contributed by atoms with E-state index in [2.05, 4.69) is 10.3 Å². The summed E-state index contributed by atoms with van der Waals surface area (Å²) >= 11 is 0. The first-order valence-corrected chi connectivity index (χ1v) is 7.80. The van der Waals surface area contributed by atoms with Gasteiger partial charge in [0.25, 0.3) is 5.91 Å². The minimum absolute atomic E-state index is 0.288. The van der Waals surface area contributed by atoms with E-state index < -0.39 is 0 Å². The molecule has 0 fully saturated rings. The molecule has 5 heteroatoms. The van der Waals surface area contributed by atoms with Crippen LogP contribution in [0, 0.1) is 0 Å². The van der Waals surface area contributed by atoms with Gasteiger partial charge in [-0.25, -0.2) is 0 Å². The van der Waals surface area contributed by atoms with Crippen molar-refractivity contribution >= 4 is 16.8 Å². The minimum Gasteiger partial charge on any atom is -0.494 e. The van der Waals surface area contributed by atoms with Crippen LogP contribution in [0.1, 0.15) is 22.8 Å². The molecule has 24 heavy (non-hydrogen) atoms. The number of nitrogens with one attached hydrogen (secondary N) is 2. The van der Waals surface area contributed by atoms with Crippen molar-refractivity contribution in [2.24, 2.45) is 0 Å². The standard InChI is InChI=1S/C19H18N2O3/c1-2-24-17-10-6-3-7-13(17)12-20-19(23)15-11-18(22)21-16-9-5-4-8-14(15)16/h3-11H,2,12H2,1H3,(H,20,23)(H,21,22). The summed E-state index contributed by atoms with van der Waals surface area (Å²) in [6.45, 7) is 2.80. The first-order valence-electron chi connectivity index (χ1n) is 7.80. The van der Waals surface area contributed by atoms with Crippen LogP contribution in [0.3, 0.4) is 0 Å². The van der Waals surface area contributed by atoms with Gasteiger partial charge in [-0.2, -0.15) is 0 Å². The highest BCUT2D eigenvalue weighted by Crippen LogP contribution is 2.18. The lowest BCUT2D eigenvalue weighted by Gasteiger charge is -2.11. The van der Waals surface area contributed by atoms with Crippen molar-refractivity contribution in [3.8, 4) is 5.75 Å². The van der Waals surface area contributed by atoms with Crippen LogP contribution in [0.4, 0.5) is 0 Å². The zero-order valence-corrected chi connectivity index (χ0v) is 13.3. The molecule has 1 heterocycles. The van der Waals surface area contributed by atoms with E-state index in [0.29, 0.717) is 29.6 Å². The topological polar surface area (TPSA) is 71.2 Å². The number of aromatic nitrogens is 1. The predicted octanol–water partition coefficient (Wildman–Crippen LogP) is 2.86. The average Bonchev–Trinajstić information content (AvgIpc) is 2.60. The fraction of sp³-hybridized carbons (Fsp3) is 0.158. The Kier molecular flexibility index (Phi) is 4.61. The van der Waals surface area contributed by atoms with Gasteiger partial charge in [0.1, 0.15) is 5.75 Å². The van der Waals surface area contributed by atoms with Gasteiger partial charge in [0.05, 0.1) is 12.2 Å². The normalized spacial score (nSPS) is 10.5. The fourth-order valence-corrected chi connectivity index (χ4v) is 2.61. The number of ether oxygens (including phenoxy) is 1. The molecule has 0 aliphatic heterocycles. The van der Waals surface area contributed by atoms with Crippen molar-refractivity contribution in [1.82, 2.24) is 10.3 Å². The summed E-state index contributed by atoms with van der Waals surface area (Å²) in [5.74, 6) is 0.458. The molecular weight excluding hydrogens is 304 g/mol. The van der Waals surface area contributed by atoms with Gasteiger partial charge < -0.3 is 15.0 Å². The van der Waals surface area contributed by atoms with E-state index in [1.807, 2.05) is 49.4 Å². The minimum atomic E-state index is -0.298. The smallest absolute Gasteiger partial charge is 0.252 e. The molecule has 2 N–H and O–H groups in total. The second-order valence-electron chi connectivity index (χ2n) is 5.32. The highest BCUT2D eigenvalue weighted by Gasteiger charge is 2.12. The number of pyridine rings is 1. The molecule has 0 unspecified atom stereocenters. The van der Waals surface area contributed by atoms with Crippen molar-refractivity contribution in [2.45, 2.75) is 13.5 Å². The van der Waals surface area contributed by atoms with Crippen molar-refractivity contribution in [3.63, 3.8) is 0 Å². The molecule has 0 atom stereocenters. The van der Waals surface area contributed by atoms with Crippen molar-refractivity contribution in [2.75, 3.05) is 6.61 Å². The Morgan fingerprint density at radius 1 is 1.12 bits per heavy atom. The summed E-state index contributed by atoms with van der Waals surface area (Å²) < 4.78 is 5.56. The Bertz CT molecular complexity index is 931. The molecule has 122 valence electrons. The number of carbonyl (C=O) groups is 1. The quantitative estimate of drug-likeness (QED) is 0.759. The van der Waals surface area contributed by atoms with Gasteiger partial charge in [0, 0.05) is 29.1 Å². The van der Waals surface area contributed by atoms with Gasteiger partial charge >= 0.3 is 0 Å². The largest absolute Gasteiger partial charge is 0.494 e. The first-order chi connectivity index (χ1) is 11.7. The highest BCUT2D eigenvalue weighted by atomic mass is 16.5. The van der Waals surface area contributed by atoms with Crippen molar-refractivity contribution in [1.29, 1.82) is 0 Å². The number of hydrogen-bond acceptors (Lipinski definition) is 3. The second-order valence-corrected chi connectivity index (χ2v) is 5.32. The number of rotatable bonds is 5. The average molecular weight is 322 g/mol. The van der Waals surface area contributed by atoms with Crippen LogP contribution in [0.25, 0.3) is 10.9 Å². The molecule has 0 saturated carbocycles. The number of fused-ring (bicyclic) bond motifs is 1. The Balaban J connectivity index is 1.85. The Hall–Kier alpha value is -3.08. The molecule has 5 nitrogen and oxygen atoms in total. The van der Waals surface area contributed by atoms with E-state index in [4.69, 9.17) is 4.74 Å². The number of amides is 1. The lowest BCUT2D eigenvalue weighted by Crippen LogP contribution is -2.25. The van der Waals surface area contributed by atoms with Gasteiger partial charge in [-0.15, -0.1) is 0 Å². The monoisotopic (exact) mass is 322 g/mol. The Labute approximate surface area is 139 Å². The number of para-hydroxylation sites is 2. The highest BCUT2D eigenvalue weighted by molar-refractivity contribution is 6.05. The van der Waals surface area contributed by atoms with Crippen LogP contribution < -0.4 is 15.6 Å². The number of hydrogen-bond donors (Lipinski definition) is 2. The third-order valence-electron chi connectivity index (χ3n) is 3.71. The van der Waals surface area contributed by atoms with E-state index in [1.54, 1.807) is 6.07 Å². The van der Waals surface area contributed by atoms with Gasteiger partial charge in [0.2, 0.25) is 5.56 Å². The molecule has 1 amide bonds. The third kappa shape index (κ3) is 3.30. The lowest BCUT2D eigenvalue weighted by molar-refractivity contribution is 0.0952. The molecule has 2 aromatic carbocycles. The van der Waals surface area contributed by atoms with Crippen LogP contribution in [-0.2, 0) is 6.54 Å². The molecule has 0 bridgehead atoms. The molecule has 0 spiro atoms. The van der Waals surface area contributed by atoms with Crippen LogP contribution in [-0.4, -0.2) is 17.5 Å². The molecule has 0 aliphatic rings. The van der Waals surface area contributed by atoms with E-state index >= 15 is 0 Å². The third-order valence-corrected chi connectivity index (χ3v) is 3.71. The van der Waals surface area contributed by atoms with Gasteiger partial charge in [-0.1, -0.05) is 36.4 Å². The predicted molar refractivity (Wildman–Crippen MR) is 93.3 cm³/mol. The molecule has 0 radical (unpaired) electrons. The molecule has 1 aromatic heterocycles. The zero-order chi connectivity index (χ0) is 16.9. The van der Waals surface area contributed by atoms with E-state index in [9.17, 15) is 9.59 Å². The van der Waals surface area contributed by atoms with Crippen LogP contribution in [0.15, 0.2) is 59.4 Å². The maximum absolute atomic E-state index is 12.5. The van der Waals surface area contributed by atoms with Crippen LogP contribution in [0.5, 0.6) is 5.75 Å². The maximum Gasteiger partial charge on any atom is 0.252 e. The van der Waals surface area contributed by atoms with Crippen LogP contribution >= 0.6 is 0 Å². The summed E-state index contributed by atoms with van der Waals surface area (Å²) in [5, 5.41) is 3.58. The zero-order valence-electron chi connectivity index (χ0n) is 13.3. The fourth-order valence-electron chi connectivity index (χ4n) is 2.61. The second kappa shape index (κ2) is 7.00. The maximum atomic E-state index is 12.5. The van der Waals surface area contributed by atoms with Gasteiger partial charge in [0.15, 0.2) is 0 Å². The van der Waals surface area contributed by atoms with Crippen LogP contribution in [0.2, 0.25) is 0 Å². The van der Waals surface area contributed by atoms with Crippen molar-refractivity contribution < 1.29 is 9.53 Å². The molecule has 0 aliphatic carbocycles. The molecule has 0 saturated heterocycles. The molecular formula is C19H18N2O3. The van der Waals surface area contributed by atoms with E-state index in [0.717, 1.165) is 11.3 Å². The molecule has 3 rings (SSSR count). The van der Waals surface area contributed by atoms with Gasteiger partial charge in [-0.05, 0) is 19.1 Å². The summed E-state index contributed by atoms with van der Waals surface area (Å²) in [4.78, 5) is 27.0. The SMILES string of the molecule is CCOc1ccccc1CNC(=O)c1cc(=O)[nH]c2ccccc12. The summed E-state index contributed by atoms with van der Waals surface area (Å²) in [6, 6.07) is 16.1. The number of aromatic amines is 1. The number of H-pyrrole nitrogens is 1. The Morgan fingerprint density at radius 3 is 2.71 bits per heavy atom. The number of carbonyl (C=O) groups excluding carboxylic acids is 1. The summed E-state index contributed by atoms with van der Waals surface area (Å²) in [7, 11) is 0. The Morgan fingerprint density at radius 2 is 1.88 bits per heavy atom. The number of benzene rings is 2. The van der Waals surface area contributed by atoms with Crippen molar-refractivity contribution in [3.05, 3.63) is 76.1 Å². The lowest BCUT2D eigenvalue weighted by atomic mass is 10.1. The summed E-state index contributed by atoms with van der Waals surface area (Å²) in [6.07, 6.45) is 0. The molecule has 3 aromatic rings. The first kappa shape index (κ1) is 15.8. The van der Waals surface area contributed by atoms with E-state index in [-0.39, 0.29) is 11.5 Å². The van der Waals surface area contributed by atoms with E-state index in [1.165, 1.54) is 6.07 Å². The summed E-state index contributed by atoms with van der Waals surface area (Å²) in [5.41, 5.74) is 1.60. The van der Waals surface area contributed by atoms with Gasteiger partial charge in [-0.3, -0.25) is 9.59 Å².